The largest absolute Gasteiger partial charge is 0.465 e. The number of esters is 1. The molecule has 0 amide bonds. The van der Waals surface area contributed by atoms with Crippen LogP contribution in [0.25, 0.3) is 0 Å². The number of benzene rings is 1. The highest BCUT2D eigenvalue weighted by Gasteiger charge is 2.39. The first kappa shape index (κ1) is 16.4. The lowest BCUT2D eigenvalue weighted by atomic mass is 9.86. The molecule has 6 heteroatoms. The number of hydrogen-bond donors (Lipinski definition) is 2. The molecule has 0 unspecified atom stereocenters. The van der Waals surface area contributed by atoms with Crippen molar-refractivity contribution in [2.75, 3.05) is 6.61 Å². The van der Waals surface area contributed by atoms with E-state index in [4.69, 9.17) is 17.0 Å². The van der Waals surface area contributed by atoms with Crippen LogP contribution in [0, 0.1) is 5.92 Å². The third-order valence-electron chi connectivity index (χ3n) is 3.59. The number of carbonyl (C=O) groups excluding carboxylic acids is 2. The topological polar surface area (TPSA) is 67.4 Å². The highest BCUT2D eigenvalue weighted by atomic mass is 32.1. The number of Topliss-reactive ketones (excluding diaryl/α,β-unsaturated/α-hetero) is 1. The number of ether oxygens (including phenoxy) is 1. The molecule has 0 aliphatic carbocycles. The van der Waals surface area contributed by atoms with Gasteiger partial charge in [0, 0.05) is 11.6 Å². The van der Waals surface area contributed by atoms with Gasteiger partial charge in [-0.15, -0.1) is 0 Å². The van der Waals surface area contributed by atoms with Gasteiger partial charge in [0.2, 0.25) is 0 Å². The van der Waals surface area contributed by atoms with Crippen LogP contribution in [0.3, 0.4) is 0 Å². The zero-order valence-electron chi connectivity index (χ0n) is 12.7. The van der Waals surface area contributed by atoms with E-state index in [1.54, 1.807) is 31.2 Å². The first-order valence-corrected chi connectivity index (χ1v) is 7.76. The maximum atomic E-state index is 12.8. The highest BCUT2D eigenvalue weighted by Crippen LogP contribution is 2.20. The summed E-state index contributed by atoms with van der Waals surface area (Å²) < 4.78 is 5.11. The molecule has 0 radical (unpaired) electrons. The molecule has 1 heterocycles. The Morgan fingerprint density at radius 2 is 2.00 bits per heavy atom. The standard InChI is InChI=1S/C16H20N2O3S/c1-3-21-15(20)13(12-9-10(2)17-16(22)18-12)14(19)11-7-5-4-6-8-11/h4-8,10,12-13H,3,9H2,1-2H3,(H2,17,18,22)/t10-,12-,13+/m1/s1. The summed E-state index contributed by atoms with van der Waals surface area (Å²) in [5.41, 5.74) is 0.499. The SMILES string of the molecule is CCOC(=O)[C@H](C(=O)c1ccccc1)[C@H]1C[C@@H](C)NC(=S)N1. The Balaban J connectivity index is 2.28. The van der Waals surface area contributed by atoms with E-state index in [1.807, 2.05) is 13.0 Å². The molecule has 118 valence electrons. The van der Waals surface area contributed by atoms with Gasteiger partial charge in [0.1, 0.15) is 5.92 Å². The number of carbonyl (C=O) groups is 2. The van der Waals surface area contributed by atoms with Crippen molar-refractivity contribution in [2.45, 2.75) is 32.4 Å². The van der Waals surface area contributed by atoms with Crippen molar-refractivity contribution in [3.63, 3.8) is 0 Å². The Bertz CT molecular complexity index is 562. The molecule has 0 aromatic heterocycles. The van der Waals surface area contributed by atoms with Gasteiger partial charge in [-0.25, -0.2) is 0 Å². The molecule has 1 saturated heterocycles. The summed E-state index contributed by atoms with van der Waals surface area (Å²) in [6.07, 6.45) is 0.613. The van der Waals surface area contributed by atoms with Crippen LogP contribution < -0.4 is 10.6 Å². The molecule has 2 rings (SSSR count). The molecule has 0 bridgehead atoms. The summed E-state index contributed by atoms with van der Waals surface area (Å²) in [5, 5.41) is 6.56. The third-order valence-corrected chi connectivity index (χ3v) is 3.82. The molecule has 0 spiro atoms. The lowest BCUT2D eigenvalue weighted by molar-refractivity contribution is -0.147. The minimum atomic E-state index is -0.898. The maximum Gasteiger partial charge on any atom is 0.318 e. The normalized spacial score (nSPS) is 22.2. The van der Waals surface area contributed by atoms with Crippen molar-refractivity contribution in [3.05, 3.63) is 35.9 Å². The zero-order chi connectivity index (χ0) is 16.1. The van der Waals surface area contributed by atoms with E-state index in [0.29, 0.717) is 17.1 Å². The third kappa shape index (κ3) is 3.82. The summed E-state index contributed by atoms with van der Waals surface area (Å²) in [7, 11) is 0. The molecular weight excluding hydrogens is 300 g/mol. The summed E-state index contributed by atoms with van der Waals surface area (Å²) >= 11 is 5.15. The lowest BCUT2D eigenvalue weighted by Crippen LogP contribution is -2.58. The van der Waals surface area contributed by atoms with Crippen molar-refractivity contribution < 1.29 is 14.3 Å². The minimum absolute atomic E-state index is 0.0965. The smallest absolute Gasteiger partial charge is 0.318 e. The summed E-state index contributed by atoms with van der Waals surface area (Å²) in [6.45, 7) is 3.93. The molecule has 1 aliphatic rings. The van der Waals surface area contributed by atoms with Gasteiger partial charge in [0.05, 0.1) is 12.6 Å². The highest BCUT2D eigenvalue weighted by molar-refractivity contribution is 7.80. The first-order valence-electron chi connectivity index (χ1n) is 7.35. The molecule has 1 aliphatic heterocycles. The summed E-state index contributed by atoms with van der Waals surface area (Å²) in [6, 6.07) is 8.52. The van der Waals surface area contributed by atoms with Gasteiger partial charge in [0.25, 0.3) is 0 Å². The van der Waals surface area contributed by atoms with Crippen molar-refractivity contribution in [3.8, 4) is 0 Å². The van der Waals surface area contributed by atoms with Gasteiger partial charge in [-0.1, -0.05) is 30.3 Å². The Hall–Kier alpha value is -1.95. The fourth-order valence-corrected chi connectivity index (χ4v) is 2.97. The average molecular weight is 320 g/mol. The van der Waals surface area contributed by atoms with E-state index in [1.165, 1.54) is 0 Å². The van der Waals surface area contributed by atoms with Crippen LogP contribution >= 0.6 is 12.2 Å². The fraction of sp³-hybridized carbons (Fsp3) is 0.438. The van der Waals surface area contributed by atoms with E-state index in [0.717, 1.165) is 0 Å². The predicted molar refractivity (Wildman–Crippen MR) is 87.6 cm³/mol. The summed E-state index contributed by atoms with van der Waals surface area (Å²) in [4.78, 5) is 25.1. The van der Waals surface area contributed by atoms with Crippen molar-refractivity contribution in [2.24, 2.45) is 5.92 Å². The molecule has 3 atom stereocenters. The van der Waals surface area contributed by atoms with E-state index < -0.39 is 11.9 Å². The van der Waals surface area contributed by atoms with Crippen molar-refractivity contribution in [1.82, 2.24) is 10.6 Å². The Labute approximate surface area is 135 Å². The van der Waals surface area contributed by atoms with E-state index in [-0.39, 0.29) is 24.5 Å². The van der Waals surface area contributed by atoms with Crippen LogP contribution in [-0.2, 0) is 9.53 Å². The molecule has 1 fully saturated rings. The number of thiocarbonyl (C=S) groups is 1. The van der Waals surface area contributed by atoms with Gasteiger partial charge < -0.3 is 15.4 Å². The molecule has 22 heavy (non-hydrogen) atoms. The quantitative estimate of drug-likeness (QED) is 0.372. The second kappa shape index (κ2) is 7.35. The van der Waals surface area contributed by atoms with Gasteiger partial charge in [-0.3, -0.25) is 9.59 Å². The van der Waals surface area contributed by atoms with Crippen LogP contribution in [0.15, 0.2) is 30.3 Å². The fourth-order valence-electron chi connectivity index (χ4n) is 2.62. The van der Waals surface area contributed by atoms with Crippen LogP contribution in [0.1, 0.15) is 30.6 Å². The molecule has 1 aromatic rings. The number of nitrogens with one attached hydrogen (secondary N) is 2. The average Bonchev–Trinajstić information content (AvgIpc) is 2.47. The van der Waals surface area contributed by atoms with Crippen LogP contribution in [0.4, 0.5) is 0 Å². The van der Waals surface area contributed by atoms with Crippen LogP contribution in [0.2, 0.25) is 0 Å². The van der Waals surface area contributed by atoms with E-state index in [9.17, 15) is 9.59 Å². The van der Waals surface area contributed by atoms with Gasteiger partial charge in [-0.2, -0.15) is 0 Å². The molecular formula is C16H20N2O3S. The number of ketones is 1. The molecule has 2 N–H and O–H groups in total. The Morgan fingerprint density at radius 3 is 2.59 bits per heavy atom. The summed E-state index contributed by atoms with van der Waals surface area (Å²) in [5.74, 6) is -1.65. The molecule has 5 nitrogen and oxygen atoms in total. The van der Waals surface area contributed by atoms with Gasteiger partial charge >= 0.3 is 5.97 Å². The first-order chi connectivity index (χ1) is 10.5. The van der Waals surface area contributed by atoms with Gasteiger partial charge in [-0.05, 0) is 32.5 Å². The zero-order valence-corrected chi connectivity index (χ0v) is 13.5. The van der Waals surface area contributed by atoms with Crippen LogP contribution in [-0.4, -0.2) is 35.6 Å². The Morgan fingerprint density at radius 1 is 1.32 bits per heavy atom. The maximum absolute atomic E-state index is 12.8. The van der Waals surface area contributed by atoms with Crippen molar-refractivity contribution >= 4 is 29.1 Å². The van der Waals surface area contributed by atoms with Crippen molar-refractivity contribution in [1.29, 1.82) is 0 Å². The Kier molecular flexibility index (Phi) is 5.49. The second-order valence-electron chi connectivity index (χ2n) is 5.32. The number of hydrogen-bond acceptors (Lipinski definition) is 4. The van der Waals surface area contributed by atoms with E-state index >= 15 is 0 Å². The minimum Gasteiger partial charge on any atom is -0.465 e. The number of rotatable bonds is 5. The molecule has 0 saturated carbocycles. The second-order valence-corrected chi connectivity index (χ2v) is 5.73. The predicted octanol–water partition coefficient (Wildman–Crippen LogP) is 1.67. The monoisotopic (exact) mass is 320 g/mol. The van der Waals surface area contributed by atoms with E-state index in [2.05, 4.69) is 10.6 Å². The van der Waals surface area contributed by atoms with Gasteiger partial charge in [0.15, 0.2) is 10.9 Å². The lowest BCUT2D eigenvalue weighted by Gasteiger charge is -2.34. The molecule has 1 aromatic carbocycles. The van der Waals surface area contributed by atoms with Crippen LogP contribution in [0.5, 0.6) is 0 Å².